The zero-order valence-corrected chi connectivity index (χ0v) is 17.7. The van der Waals surface area contributed by atoms with E-state index >= 15 is 0 Å². The van der Waals surface area contributed by atoms with Crippen LogP contribution in [-0.4, -0.2) is 55.5 Å². The highest BCUT2D eigenvalue weighted by Gasteiger charge is 2.24. The van der Waals surface area contributed by atoms with Crippen LogP contribution in [0.2, 0.25) is 0 Å². The standard InChI is InChI=1S/C22H25N7O/c1-13-11-30-9-8-29(13)19-10-18(20-14(2)27-28(4)15(20)3)25-22(26-19)16-6-5-7-17-21(16)24-12-23-17/h5-7,10,12-13H,8-9,11H2,1-4H3,(H,23,24)/t13-/m1/s1. The van der Waals surface area contributed by atoms with Gasteiger partial charge >= 0.3 is 0 Å². The number of rotatable bonds is 3. The first-order valence-electron chi connectivity index (χ1n) is 10.2. The number of aromatic nitrogens is 6. The van der Waals surface area contributed by atoms with Crippen molar-refractivity contribution < 1.29 is 4.74 Å². The fraction of sp³-hybridized carbons (Fsp3) is 0.364. The average molecular weight is 403 g/mol. The van der Waals surface area contributed by atoms with Crippen molar-refractivity contribution in [2.45, 2.75) is 26.8 Å². The Labute approximate surface area is 174 Å². The molecule has 30 heavy (non-hydrogen) atoms. The molecule has 0 radical (unpaired) electrons. The number of aromatic amines is 1. The lowest BCUT2D eigenvalue weighted by molar-refractivity contribution is 0.0985. The molecule has 0 spiro atoms. The number of benzene rings is 1. The predicted octanol–water partition coefficient (Wildman–Crippen LogP) is 3.26. The second-order valence-corrected chi connectivity index (χ2v) is 7.83. The Hall–Kier alpha value is -3.26. The maximum absolute atomic E-state index is 5.64. The quantitative estimate of drug-likeness (QED) is 0.565. The van der Waals surface area contributed by atoms with Crippen LogP contribution in [0.15, 0.2) is 30.6 Å². The summed E-state index contributed by atoms with van der Waals surface area (Å²) in [5.41, 5.74) is 6.72. The van der Waals surface area contributed by atoms with E-state index in [1.807, 2.05) is 36.9 Å². The molecule has 1 aliphatic rings. The number of para-hydroxylation sites is 1. The number of H-pyrrole nitrogens is 1. The molecule has 0 bridgehead atoms. The normalized spacial score (nSPS) is 17.1. The van der Waals surface area contributed by atoms with Crippen molar-refractivity contribution in [1.82, 2.24) is 29.7 Å². The number of fused-ring (bicyclic) bond motifs is 1. The molecule has 0 unspecified atom stereocenters. The minimum Gasteiger partial charge on any atom is -0.377 e. The molecule has 1 aromatic carbocycles. The van der Waals surface area contributed by atoms with Gasteiger partial charge in [0.05, 0.1) is 48.0 Å². The highest BCUT2D eigenvalue weighted by molar-refractivity contribution is 5.90. The molecule has 1 N–H and O–H groups in total. The molecule has 0 saturated carbocycles. The molecule has 1 saturated heterocycles. The third-order valence-corrected chi connectivity index (χ3v) is 5.83. The van der Waals surface area contributed by atoms with Gasteiger partial charge in [-0.3, -0.25) is 4.68 Å². The number of imidazole rings is 1. The maximum Gasteiger partial charge on any atom is 0.164 e. The van der Waals surface area contributed by atoms with Crippen molar-refractivity contribution in [3.63, 3.8) is 0 Å². The summed E-state index contributed by atoms with van der Waals surface area (Å²) < 4.78 is 7.54. The van der Waals surface area contributed by atoms with Gasteiger partial charge < -0.3 is 14.6 Å². The number of nitrogens with one attached hydrogen (secondary N) is 1. The van der Waals surface area contributed by atoms with Crippen molar-refractivity contribution in [2.75, 3.05) is 24.7 Å². The largest absolute Gasteiger partial charge is 0.377 e. The smallest absolute Gasteiger partial charge is 0.164 e. The summed E-state index contributed by atoms with van der Waals surface area (Å²) in [4.78, 5) is 19.9. The topological polar surface area (TPSA) is 84.8 Å². The summed E-state index contributed by atoms with van der Waals surface area (Å²) in [7, 11) is 1.96. The zero-order valence-electron chi connectivity index (χ0n) is 17.7. The van der Waals surface area contributed by atoms with Gasteiger partial charge in [-0.25, -0.2) is 15.0 Å². The number of aryl methyl sites for hydroxylation is 2. The maximum atomic E-state index is 5.64. The van der Waals surface area contributed by atoms with Crippen LogP contribution in [0.4, 0.5) is 5.82 Å². The van der Waals surface area contributed by atoms with Gasteiger partial charge in [0, 0.05) is 36.5 Å². The molecule has 5 rings (SSSR count). The van der Waals surface area contributed by atoms with Gasteiger partial charge in [-0.2, -0.15) is 5.10 Å². The molecular formula is C22H25N7O. The Morgan fingerprint density at radius 2 is 2.07 bits per heavy atom. The summed E-state index contributed by atoms with van der Waals surface area (Å²) in [6, 6.07) is 8.36. The molecule has 1 aliphatic heterocycles. The summed E-state index contributed by atoms with van der Waals surface area (Å²) in [5.74, 6) is 1.57. The second kappa shape index (κ2) is 7.21. The number of hydrogen-bond acceptors (Lipinski definition) is 6. The van der Waals surface area contributed by atoms with Gasteiger partial charge in [0.1, 0.15) is 5.82 Å². The first-order chi connectivity index (χ1) is 14.5. The molecule has 8 nitrogen and oxygen atoms in total. The summed E-state index contributed by atoms with van der Waals surface area (Å²) in [5, 5.41) is 4.59. The minimum absolute atomic E-state index is 0.242. The van der Waals surface area contributed by atoms with Crippen molar-refractivity contribution in [1.29, 1.82) is 0 Å². The number of hydrogen-bond donors (Lipinski definition) is 1. The van der Waals surface area contributed by atoms with E-state index in [9.17, 15) is 0 Å². The van der Waals surface area contributed by atoms with E-state index in [0.29, 0.717) is 19.0 Å². The number of morpholine rings is 1. The van der Waals surface area contributed by atoms with Crippen LogP contribution in [-0.2, 0) is 11.8 Å². The Morgan fingerprint density at radius 1 is 1.20 bits per heavy atom. The average Bonchev–Trinajstić information content (AvgIpc) is 3.32. The minimum atomic E-state index is 0.242. The molecule has 1 fully saturated rings. The van der Waals surface area contributed by atoms with E-state index in [-0.39, 0.29) is 6.04 Å². The lowest BCUT2D eigenvalue weighted by Crippen LogP contribution is -2.44. The fourth-order valence-electron chi connectivity index (χ4n) is 4.19. The van der Waals surface area contributed by atoms with Crippen LogP contribution in [0.5, 0.6) is 0 Å². The summed E-state index contributed by atoms with van der Waals surface area (Å²) >= 11 is 0. The third kappa shape index (κ3) is 3.04. The van der Waals surface area contributed by atoms with Gasteiger partial charge in [0.15, 0.2) is 5.82 Å². The van der Waals surface area contributed by atoms with E-state index in [0.717, 1.165) is 51.6 Å². The highest BCUT2D eigenvalue weighted by Crippen LogP contribution is 2.32. The van der Waals surface area contributed by atoms with E-state index < -0.39 is 0 Å². The number of anilines is 1. The lowest BCUT2D eigenvalue weighted by Gasteiger charge is -2.34. The van der Waals surface area contributed by atoms with Crippen LogP contribution in [0.1, 0.15) is 18.3 Å². The highest BCUT2D eigenvalue weighted by atomic mass is 16.5. The van der Waals surface area contributed by atoms with Crippen molar-refractivity contribution in [2.24, 2.45) is 7.05 Å². The molecule has 4 heterocycles. The van der Waals surface area contributed by atoms with Gasteiger partial charge in [-0.05, 0) is 32.9 Å². The van der Waals surface area contributed by atoms with Gasteiger partial charge in [-0.1, -0.05) is 6.07 Å². The molecule has 1 atom stereocenters. The van der Waals surface area contributed by atoms with Crippen molar-refractivity contribution in [3.8, 4) is 22.6 Å². The van der Waals surface area contributed by atoms with E-state index in [2.05, 4.69) is 39.9 Å². The molecular weight excluding hydrogens is 378 g/mol. The third-order valence-electron chi connectivity index (χ3n) is 5.83. The molecule has 3 aromatic heterocycles. The number of nitrogens with zero attached hydrogens (tertiary/aromatic N) is 6. The zero-order chi connectivity index (χ0) is 20.8. The Morgan fingerprint density at radius 3 is 2.83 bits per heavy atom. The Balaban J connectivity index is 1.74. The molecule has 8 heteroatoms. The van der Waals surface area contributed by atoms with Crippen molar-refractivity contribution in [3.05, 3.63) is 42.0 Å². The van der Waals surface area contributed by atoms with Gasteiger partial charge in [0.2, 0.25) is 0 Å². The first-order valence-corrected chi connectivity index (χ1v) is 10.2. The first kappa shape index (κ1) is 18.7. The second-order valence-electron chi connectivity index (χ2n) is 7.83. The summed E-state index contributed by atoms with van der Waals surface area (Å²) in [6.45, 7) is 8.44. The van der Waals surface area contributed by atoms with Crippen LogP contribution in [0.3, 0.4) is 0 Å². The van der Waals surface area contributed by atoms with Crippen LogP contribution in [0.25, 0.3) is 33.7 Å². The molecule has 0 aliphatic carbocycles. The predicted molar refractivity (Wildman–Crippen MR) is 116 cm³/mol. The molecule has 4 aromatic rings. The van der Waals surface area contributed by atoms with Crippen LogP contribution < -0.4 is 4.90 Å². The summed E-state index contributed by atoms with van der Waals surface area (Å²) in [6.07, 6.45) is 1.71. The van der Waals surface area contributed by atoms with E-state index in [4.69, 9.17) is 14.7 Å². The van der Waals surface area contributed by atoms with Crippen LogP contribution in [0, 0.1) is 13.8 Å². The Bertz CT molecular complexity index is 1230. The van der Waals surface area contributed by atoms with E-state index in [1.165, 1.54) is 0 Å². The van der Waals surface area contributed by atoms with E-state index in [1.54, 1.807) is 6.33 Å². The van der Waals surface area contributed by atoms with Gasteiger partial charge in [-0.15, -0.1) is 0 Å². The van der Waals surface area contributed by atoms with Crippen molar-refractivity contribution >= 4 is 16.9 Å². The van der Waals surface area contributed by atoms with Crippen LogP contribution >= 0.6 is 0 Å². The number of ether oxygens (including phenoxy) is 1. The lowest BCUT2D eigenvalue weighted by atomic mass is 10.1. The SMILES string of the molecule is Cc1nn(C)c(C)c1-c1cc(N2CCOC[C@H]2C)nc(-c2cccc3[nH]cnc23)n1. The monoisotopic (exact) mass is 403 g/mol. The Kier molecular flexibility index (Phi) is 4.51. The van der Waals surface area contributed by atoms with Gasteiger partial charge in [0.25, 0.3) is 0 Å². The fourth-order valence-corrected chi connectivity index (χ4v) is 4.19. The molecule has 0 amide bonds. The molecule has 154 valence electrons.